The van der Waals surface area contributed by atoms with Crippen LogP contribution in [0.1, 0.15) is 24.2 Å². The van der Waals surface area contributed by atoms with E-state index < -0.39 is 12.2 Å². The molecule has 0 aliphatic rings. The van der Waals surface area contributed by atoms with E-state index in [1.54, 1.807) is 49.4 Å². The van der Waals surface area contributed by atoms with Crippen LogP contribution in [0.5, 0.6) is 0 Å². The van der Waals surface area contributed by atoms with Gasteiger partial charge in [-0.25, -0.2) is 0 Å². The predicted molar refractivity (Wildman–Crippen MR) is 88.6 cm³/mol. The van der Waals surface area contributed by atoms with Crippen LogP contribution in [0.15, 0.2) is 53.7 Å². The van der Waals surface area contributed by atoms with Gasteiger partial charge in [0.1, 0.15) is 0 Å². The first-order valence-electron chi connectivity index (χ1n) is 7.39. The lowest BCUT2D eigenvalue weighted by Crippen LogP contribution is -2.30. The topological polar surface area (TPSA) is 87.6 Å². The van der Waals surface area contributed by atoms with E-state index in [-0.39, 0.29) is 12.5 Å². The highest BCUT2D eigenvalue weighted by Gasteiger charge is 2.24. The van der Waals surface area contributed by atoms with E-state index in [2.05, 4.69) is 0 Å². The highest BCUT2D eigenvalue weighted by molar-refractivity contribution is 7.99. The Morgan fingerprint density at radius 1 is 1.13 bits per heavy atom. The fraction of sp³-hybridized carbons (Fsp3) is 0.353. The number of hydrogen-bond acceptors (Lipinski definition) is 5. The van der Waals surface area contributed by atoms with Crippen LogP contribution in [-0.2, 0) is 6.61 Å². The molecule has 2 aromatic rings. The molecule has 1 heterocycles. The Balaban J connectivity index is 1.95. The molecule has 3 N–H and O–H groups in total. The smallest absolute Gasteiger partial charge is 0.251 e. The SMILES string of the molecule is C[C@@H]([C@H](O)CSc1cccc[n+]1[O-])[C@@H](O)c1ccc(CO)cc1. The van der Waals surface area contributed by atoms with Gasteiger partial charge in [-0.2, -0.15) is 4.73 Å². The van der Waals surface area contributed by atoms with Crippen LogP contribution in [0, 0.1) is 11.1 Å². The van der Waals surface area contributed by atoms with Crippen molar-refractivity contribution in [3.63, 3.8) is 0 Å². The number of aliphatic hydroxyl groups is 3. The number of rotatable bonds is 7. The Hall–Kier alpha value is -1.60. The summed E-state index contributed by atoms with van der Waals surface area (Å²) in [4.78, 5) is 0. The van der Waals surface area contributed by atoms with Crippen LogP contribution in [0.4, 0.5) is 0 Å². The molecule has 0 amide bonds. The van der Waals surface area contributed by atoms with Gasteiger partial charge in [-0.05, 0) is 17.2 Å². The third kappa shape index (κ3) is 4.68. The van der Waals surface area contributed by atoms with Gasteiger partial charge in [-0.1, -0.05) is 43.0 Å². The molecular weight excluding hydrogens is 314 g/mol. The average molecular weight is 335 g/mol. The zero-order chi connectivity index (χ0) is 16.8. The lowest BCUT2D eigenvalue weighted by molar-refractivity contribution is -0.645. The van der Waals surface area contributed by atoms with Gasteiger partial charge in [0.15, 0.2) is 6.20 Å². The second-order valence-electron chi connectivity index (χ2n) is 5.45. The van der Waals surface area contributed by atoms with Gasteiger partial charge in [-0.15, -0.1) is 0 Å². The van der Waals surface area contributed by atoms with Crippen LogP contribution in [0.2, 0.25) is 0 Å². The largest absolute Gasteiger partial charge is 0.618 e. The van der Waals surface area contributed by atoms with Crippen molar-refractivity contribution in [3.05, 3.63) is 65.0 Å². The van der Waals surface area contributed by atoms with E-state index in [0.717, 1.165) is 10.3 Å². The summed E-state index contributed by atoms with van der Waals surface area (Å²) in [6.45, 7) is 1.73. The van der Waals surface area contributed by atoms with E-state index in [4.69, 9.17) is 5.11 Å². The number of pyridine rings is 1. The molecule has 0 aliphatic carbocycles. The third-order valence-electron chi connectivity index (χ3n) is 3.80. The number of nitrogens with zero attached hydrogens (tertiary/aromatic N) is 1. The average Bonchev–Trinajstić information content (AvgIpc) is 2.59. The summed E-state index contributed by atoms with van der Waals surface area (Å²) >= 11 is 1.26. The molecule has 0 saturated heterocycles. The van der Waals surface area contributed by atoms with E-state index in [9.17, 15) is 15.4 Å². The lowest BCUT2D eigenvalue weighted by atomic mass is 9.93. The Labute approximate surface area is 139 Å². The number of thioether (sulfide) groups is 1. The molecule has 0 radical (unpaired) electrons. The first kappa shape index (κ1) is 17.7. The molecule has 0 spiro atoms. The van der Waals surface area contributed by atoms with Crippen molar-refractivity contribution in [1.82, 2.24) is 0 Å². The van der Waals surface area contributed by atoms with E-state index in [1.807, 2.05) is 0 Å². The minimum absolute atomic E-state index is 0.0442. The maximum atomic E-state index is 11.6. The van der Waals surface area contributed by atoms with E-state index in [1.165, 1.54) is 18.0 Å². The molecule has 1 aromatic heterocycles. The van der Waals surface area contributed by atoms with Crippen molar-refractivity contribution in [2.75, 3.05) is 5.75 Å². The number of aliphatic hydroxyl groups excluding tert-OH is 3. The van der Waals surface area contributed by atoms with Gasteiger partial charge in [0, 0.05) is 23.8 Å². The normalized spacial score (nSPS) is 15.1. The first-order valence-corrected chi connectivity index (χ1v) is 8.38. The van der Waals surface area contributed by atoms with Crippen molar-refractivity contribution in [2.45, 2.75) is 30.8 Å². The van der Waals surface area contributed by atoms with Gasteiger partial charge in [0.25, 0.3) is 5.03 Å². The second-order valence-corrected chi connectivity index (χ2v) is 6.49. The zero-order valence-electron chi connectivity index (χ0n) is 12.9. The van der Waals surface area contributed by atoms with Crippen molar-refractivity contribution in [1.29, 1.82) is 0 Å². The standard InChI is InChI=1S/C17H21NO4S/c1-12(17(21)14-7-5-13(10-19)6-8-14)15(20)11-23-16-4-2-3-9-18(16)22/h2-9,12,15,17,19-21H,10-11H2,1H3/t12-,15+,17+/m0/s1. The fourth-order valence-corrected chi connectivity index (χ4v) is 3.19. The minimum Gasteiger partial charge on any atom is -0.618 e. The Kier molecular flexibility index (Phi) is 6.41. The summed E-state index contributed by atoms with van der Waals surface area (Å²) in [5, 5.41) is 41.8. The van der Waals surface area contributed by atoms with Crippen LogP contribution >= 0.6 is 11.8 Å². The number of benzene rings is 1. The molecule has 0 saturated carbocycles. The molecule has 3 atom stereocenters. The molecule has 6 heteroatoms. The Bertz CT molecular complexity index is 620. The van der Waals surface area contributed by atoms with Crippen molar-refractivity contribution in [2.24, 2.45) is 5.92 Å². The Morgan fingerprint density at radius 2 is 1.83 bits per heavy atom. The van der Waals surface area contributed by atoms with Crippen LogP contribution in [-0.4, -0.2) is 27.2 Å². The lowest BCUT2D eigenvalue weighted by Gasteiger charge is -2.24. The molecule has 0 fully saturated rings. The molecule has 2 rings (SSSR count). The molecule has 1 aromatic carbocycles. The molecule has 0 bridgehead atoms. The minimum atomic E-state index is -0.812. The maximum Gasteiger partial charge on any atom is 0.251 e. The molecule has 0 aliphatic heterocycles. The second kappa shape index (κ2) is 8.31. The number of hydrogen-bond donors (Lipinski definition) is 3. The summed E-state index contributed by atoms with van der Waals surface area (Å²) < 4.78 is 0.756. The van der Waals surface area contributed by atoms with E-state index in [0.29, 0.717) is 16.3 Å². The highest BCUT2D eigenvalue weighted by atomic mass is 32.2. The molecular formula is C17H21NO4S. The van der Waals surface area contributed by atoms with Crippen LogP contribution < -0.4 is 4.73 Å². The van der Waals surface area contributed by atoms with Crippen molar-refractivity contribution < 1.29 is 20.0 Å². The summed E-state index contributed by atoms with van der Waals surface area (Å²) in [6, 6.07) is 12.1. The summed E-state index contributed by atoms with van der Waals surface area (Å²) in [7, 11) is 0. The zero-order valence-corrected chi connectivity index (χ0v) is 13.7. The monoisotopic (exact) mass is 335 g/mol. The van der Waals surface area contributed by atoms with Gasteiger partial charge < -0.3 is 20.5 Å². The fourth-order valence-electron chi connectivity index (χ4n) is 2.18. The molecule has 124 valence electrons. The van der Waals surface area contributed by atoms with Gasteiger partial charge in [0.05, 0.1) is 18.8 Å². The van der Waals surface area contributed by atoms with Crippen molar-refractivity contribution in [3.8, 4) is 0 Å². The quantitative estimate of drug-likeness (QED) is 0.407. The predicted octanol–water partition coefficient (Wildman–Crippen LogP) is 1.64. The maximum absolute atomic E-state index is 11.6. The molecule has 23 heavy (non-hydrogen) atoms. The summed E-state index contributed by atoms with van der Waals surface area (Å²) in [5.41, 5.74) is 1.46. The van der Waals surface area contributed by atoms with Gasteiger partial charge in [0.2, 0.25) is 0 Å². The first-order chi connectivity index (χ1) is 11.0. The highest BCUT2D eigenvalue weighted by Crippen LogP contribution is 2.27. The Morgan fingerprint density at radius 3 is 2.43 bits per heavy atom. The number of aromatic nitrogens is 1. The van der Waals surface area contributed by atoms with E-state index >= 15 is 0 Å². The third-order valence-corrected chi connectivity index (χ3v) is 4.92. The summed E-state index contributed by atoms with van der Waals surface area (Å²) in [5.74, 6) is -0.0644. The van der Waals surface area contributed by atoms with Crippen LogP contribution in [0.3, 0.4) is 0 Å². The molecule has 5 nitrogen and oxygen atoms in total. The van der Waals surface area contributed by atoms with Crippen molar-refractivity contribution >= 4 is 11.8 Å². The van der Waals surface area contributed by atoms with Gasteiger partial charge in [-0.3, -0.25) is 0 Å². The van der Waals surface area contributed by atoms with Crippen LogP contribution in [0.25, 0.3) is 0 Å². The van der Waals surface area contributed by atoms with Gasteiger partial charge >= 0.3 is 0 Å². The summed E-state index contributed by atoms with van der Waals surface area (Å²) in [6.07, 6.45) is -0.156. The molecule has 0 unspecified atom stereocenters.